The van der Waals surface area contributed by atoms with Crippen molar-refractivity contribution in [2.24, 2.45) is 0 Å². The van der Waals surface area contributed by atoms with Crippen LogP contribution in [0.25, 0.3) is 0 Å². The fraction of sp³-hybridized carbons (Fsp3) is 0.706. The molecular formula is C17H29N3O. The quantitative estimate of drug-likeness (QED) is 0.929. The number of anilines is 1. The van der Waals surface area contributed by atoms with E-state index in [0.717, 1.165) is 44.2 Å². The van der Waals surface area contributed by atoms with Gasteiger partial charge in [-0.3, -0.25) is 0 Å². The molecule has 0 aromatic carbocycles. The molecular weight excluding hydrogens is 262 g/mol. The highest BCUT2D eigenvalue weighted by atomic mass is 16.5. The van der Waals surface area contributed by atoms with Crippen molar-refractivity contribution in [2.75, 3.05) is 24.6 Å². The van der Waals surface area contributed by atoms with E-state index in [0.29, 0.717) is 0 Å². The van der Waals surface area contributed by atoms with E-state index in [-0.39, 0.29) is 11.6 Å². The van der Waals surface area contributed by atoms with Gasteiger partial charge in [-0.05, 0) is 52.7 Å². The van der Waals surface area contributed by atoms with Crippen LogP contribution in [0.1, 0.15) is 45.4 Å². The van der Waals surface area contributed by atoms with Crippen molar-refractivity contribution in [1.82, 2.24) is 10.3 Å². The van der Waals surface area contributed by atoms with Crippen molar-refractivity contribution >= 4 is 5.82 Å². The Balaban J connectivity index is 2.07. The molecule has 1 fully saturated rings. The number of nitrogens with one attached hydrogen (secondary N) is 1. The van der Waals surface area contributed by atoms with Gasteiger partial charge in [-0.25, -0.2) is 4.98 Å². The maximum atomic E-state index is 5.71. The van der Waals surface area contributed by atoms with E-state index in [2.05, 4.69) is 57.0 Å². The molecule has 0 bridgehead atoms. The van der Waals surface area contributed by atoms with Gasteiger partial charge in [0.1, 0.15) is 5.82 Å². The molecule has 2 heterocycles. The van der Waals surface area contributed by atoms with E-state index in [1.165, 1.54) is 5.56 Å². The third-order valence-electron chi connectivity index (χ3n) is 3.77. The van der Waals surface area contributed by atoms with Crippen molar-refractivity contribution in [2.45, 2.75) is 59.2 Å². The molecule has 21 heavy (non-hydrogen) atoms. The molecule has 2 rings (SSSR count). The predicted molar refractivity (Wildman–Crippen MR) is 87.8 cm³/mol. The fourth-order valence-corrected chi connectivity index (χ4v) is 2.50. The average Bonchev–Trinajstić information content (AvgIpc) is 2.61. The number of pyridine rings is 1. The Morgan fingerprint density at radius 2 is 2.14 bits per heavy atom. The summed E-state index contributed by atoms with van der Waals surface area (Å²) in [5.74, 6) is 1.07. The van der Waals surface area contributed by atoms with Crippen LogP contribution in [-0.4, -0.2) is 36.3 Å². The Bertz CT molecular complexity index is 468. The molecule has 4 heteroatoms. The topological polar surface area (TPSA) is 37.4 Å². The van der Waals surface area contributed by atoms with Gasteiger partial charge in [0.05, 0.1) is 6.10 Å². The second-order valence-corrected chi connectivity index (χ2v) is 7.00. The van der Waals surface area contributed by atoms with Crippen LogP contribution in [0, 0.1) is 6.92 Å². The van der Waals surface area contributed by atoms with Crippen LogP contribution in [0.2, 0.25) is 0 Å². The summed E-state index contributed by atoms with van der Waals surface area (Å²) in [6, 6.07) is 4.34. The van der Waals surface area contributed by atoms with Gasteiger partial charge < -0.3 is 15.0 Å². The lowest BCUT2D eigenvalue weighted by atomic mass is 10.1. The number of hydrogen-bond acceptors (Lipinski definition) is 4. The molecule has 0 amide bonds. The van der Waals surface area contributed by atoms with E-state index in [9.17, 15) is 0 Å². The highest BCUT2D eigenvalue weighted by Gasteiger charge is 2.17. The van der Waals surface area contributed by atoms with E-state index in [4.69, 9.17) is 9.72 Å². The minimum atomic E-state index is 0.128. The average molecular weight is 291 g/mol. The molecule has 118 valence electrons. The number of nitrogens with zero attached hydrogens (tertiary/aromatic N) is 2. The fourth-order valence-electron chi connectivity index (χ4n) is 2.50. The molecule has 1 aromatic heterocycles. The molecule has 1 saturated heterocycles. The second kappa shape index (κ2) is 6.75. The number of rotatable bonds is 3. The lowest BCUT2D eigenvalue weighted by Crippen LogP contribution is -2.35. The number of ether oxygens (including phenoxy) is 1. The van der Waals surface area contributed by atoms with Crippen molar-refractivity contribution in [3.05, 3.63) is 23.4 Å². The summed E-state index contributed by atoms with van der Waals surface area (Å²) in [4.78, 5) is 7.14. The molecule has 0 saturated carbocycles. The first kappa shape index (κ1) is 16.2. The first-order valence-corrected chi connectivity index (χ1v) is 7.93. The van der Waals surface area contributed by atoms with E-state index < -0.39 is 0 Å². The Kier molecular flexibility index (Phi) is 5.22. The van der Waals surface area contributed by atoms with Gasteiger partial charge >= 0.3 is 0 Å². The maximum Gasteiger partial charge on any atom is 0.128 e. The highest BCUT2D eigenvalue weighted by Crippen LogP contribution is 2.18. The third kappa shape index (κ3) is 4.97. The summed E-state index contributed by atoms with van der Waals surface area (Å²) in [5, 5.41) is 3.52. The number of hydrogen-bond donors (Lipinski definition) is 1. The zero-order valence-electron chi connectivity index (χ0n) is 14.1. The normalized spacial score (nSPS) is 20.4. The Morgan fingerprint density at radius 3 is 2.81 bits per heavy atom. The highest BCUT2D eigenvalue weighted by molar-refractivity contribution is 5.42. The van der Waals surface area contributed by atoms with Gasteiger partial charge in [0, 0.05) is 37.5 Å². The molecule has 1 unspecified atom stereocenters. The van der Waals surface area contributed by atoms with E-state index >= 15 is 0 Å². The molecule has 0 radical (unpaired) electrons. The lowest BCUT2D eigenvalue weighted by molar-refractivity contribution is 0.0820. The first-order chi connectivity index (χ1) is 9.85. The standard InChI is InChI=1S/C17H29N3O/c1-13-12-20(9-6-10-21-13)16-8-7-15(14(2)19-16)11-18-17(3,4)5/h7-8,13,18H,6,9-12H2,1-5H3. The van der Waals surface area contributed by atoms with Gasteiger partial charge in [0.15, 0.2) is 0 Å². The molecule has 1 aliphatic rings. The second-order valence-electron chi connectivity index (χ2n) is 7.00. The van der Waals surface area contributed by atoms with E-state index in [1.54, 1.807) is 0 Å². The van der Waals surface area contributed by atoms with Crippen molar-refractivity contribution in [3.63, 3.8) is 0 Å². The van der Waals surface area contributed by atoms with Crippen LogP contribution in [0.4, 0.5) is 5.82 Å². The Hall–Kier alpha value is -1.13. The largest absolute Gasteiger partial charge is 0.377 e. The molecule has 1 aromatic rings. The van der Waals surface area contributed by atoms with Crippen LogP contribution in [0.5, 0.6) is 0 Å². The van der Waals surface area contributed by atoms with Crippen LogP contribution < -0.4 is 10.2 Å². The van der Waals surface area contributed by atoms with Gasteiger partial charge in [-0.2, -0.15) is 0 Å². The molecule has 1 atom stereocenters. The summed E-state index contributed by atoms with van der Waals surface area (Å²) in [7, 11) is 0. The Morgan fingerprint density at radius 1 is 1.38 bits per heavy atom. The van der Waals surface area contributed by atoms with Crippen molar-refractivity contribution < 1.29 is 4.74 Å². The van der Waals surface area contributed by atoms with Crippen molar-refractivity contribution in [1.29, 1.82) is 0 Å². The number of aryl methyl sites for hydroxylation is 1. The summed E-state index contributed by atoms with van der Waals surface area (Å²) < 4.78 is 5.71. The van der Waals surface area contributed by atoms with Gasteiger partial charge in [-0.1, -0.05) is 6.07 Å². The molecule has 0 aliphatic carbocycles. The van der Waals surface area contributed by atoms with Crippen LogP contribution in [0.3, 0.4) is 0 Å². The lowest BCUT2D eigenvalue weighted by Gasteiger charge is -2.25. The van der Waals surface area contributed by atoms with Crippen LogP contribution in [0.15, 0.2) is 12.1 Å². The van der Waals surface area contributed by atoms with Gasteiger partial charge in [0.2, 0.25) is 0 Å². The van der Waals surface area contributed by atoms with Gasteiger partial charge in [-0.15, -0.1) is 0 Å². The summed E-state index contributed by atoms with van der Waals surface area (Å²) in [6.45, 7) is 14.4. The van der Waals surface area contributed by atoms with Crippen LogP contribution in [-0.2, 0) is 11.3 Å². The Labute approximate surface area is 128 Å². The third-order valence-corrected chi connectivity index (χ3v) is 3.77. The van der Waals surface area contributed by atoms with Gasteiger partial charge in [0.25, 0.3) is 0 Å². The first-order valence-electron chi connectivity index (χ1n) is 7.93. The summed E-state index contributed by atoms with van der Waals surface area (Å²) in [5.41, 5.74) is 2.51. The van der Waals surface area contributed by atoms with E-state index in [1.807, 2.05) is 0 Å². The molecule has 1 aliphatic heterocycles. The monoisotopic (exact) mass is 291 g/mol. The molecule has 1 N–H and O–H groups in total. The minimum Gasteiger partial charge on any atom is -0.377 e. The number of aromatic nitrogens is 1. The minimum absolute atomic E-state index is 0.128. The summed E-state index contributed by atoms with van der Waals surface area (Å²) >= 11 is 0. The molecule has 0 spiro atoms. The zero-order valence-corrected chi connectivity index (χ0v) is 14.1. The SMILES string of the molecule is Cc1nc(N2CCCOC(C)C2)ccc1CNC(C)(C)C. The predicted octanol–water partition coefficient (Wildman–Crippen LogP) is 2.89. The smallest absolute Gasteiger partial charge is 0.128 e. The summed E-state index contributed by atoms with van der Waals surface area (Å²) in [6.07, 6.45) is 1.34. The van der Waals surface area contributed by atoms with Crippen LogP contribution >= 0.6 is 0 Å². The maximum absolute atomic E-state index is 5.71. The van der Waals surface area contributed by atoms with Crippen molar-refractivity contribution in [3.8, 4) is 0 Å². The zero-order chi connectivity index (χ0) is 15.5. The molecule has 4 nitrogen and oxygen atoms in total.